The zero-order chi connectivity index (χ0) is 21.3. The average Bonchev–Trinajstić information content (AvgIpc) is 3.18. The molecular formula is C25H25N3O2. The van der Waals surface area contributed by atoms with Crippen LogP contribution in [0.15, 0.2) is 67.0 Å². The number of fused-ring (bicyclic) bond motifs is 1. The molecule has 1 amide bonds. The minimum Gasteiger partial charge on any atom is -0.394 e. The van der Waals surface area contributed by atoms with Gasteiger partial charge >= 0.3 is 0 Å². The first-order chi connectivity index (χ1) is 14.5. The van der Waals surface area contributed by atoms with Crippen LogP contribution in [0.4, 0.5) is 0 Å². The number of aliphatic hydroxyl groups excluding tert-OH is 1. The summed E-state index contributed by atoms with van der Waals surface area (Å²) >= 11 is 0. The Hall–Kier alpha value is -3.44. The summed E-state index contributed by atoms with van der Waals surface area (Å²) in [7, 11) is 0. The lowest BCUT2D eigenvalue weighted by Crippen LogP contribution is -2.35. The molecule has 30 heavy (non-hydrogen) atoms. The van der Waals surface area contributed by atoms with Crippen molar-refractivity contribution >= 4 is 16.8 Å². The van der Waals surface area contributed by atoms with Gasteiger partial charge in [-0.2, -0.15) is 0 Å². The molecule has 0 saturated heterocycles. The fraction of sp³-hybridized carbons (Fsp3) is 0.200. The van der Waals surface area contributed by atoms with Crippen LogP contribution in [-0.4, -0.2) is 33.2 Å². The maximum Gasteiger partial charge on any atom is 0.251 e. The zero-order valence-electron chi connectivity index (χ0n) is 17.4. The number of amides is 1. The van der Waals surface area contributed by atoms with Gasteiger partial charge in [-0.05, 0) is 62.7 Å². The number of aliphatic hydroxyl groups is 1. The van der Waals surface area contributed by atoms with E-state index in [1.54, 1.807) is 6.92 Å². The van der Waals surface area contributed by atoms with Gasteiger partial charge in [-0.15, -0.1) is 0 Å². The SMILES string of the molecule is Cc1ccc(-n2ccc3c(-c4ccc(C)cn4)cc(C(=O)N[C@@H](C)CO)cc32)cc1. The van der Waals surface area contributed by atoms with Crippen LogP contribution < -0.4 is 5.32 Å². The van der Waals surface area contributed by atoms with Crippen molar-refractivity contribution in [3.63, 3.8) is 0 Å². The molecule has 0 radical (unpaired) electrons. The number of aromatic nitrogens is 2. The number of carbonyl (C=O) groups excluding carboxylic acids is 1. The molecule has 1 atom stereocenters. The highest BCUT2D eigenvalue weighted by atomic mass is 16.3. The Morgan fingerprint density at radius 3 is 2.47 bits per heavy atom. The Kier molecular flexibility index (Phi) is 5.38. The Labute approximate surface area is 176 Å². The predicted octanol–water partition coefficient (Wildman–Crippen LogP) is 4.42. The molecule has 0 aliphatic rings. The molecule has 0 bridgehead atoms. The van der Waals surface area contributed by atoms with Crippen molar-refractivity contribution in [1.82, 2.24) is 14.9 Å². The van der Waals surface area contributed by atoms with Crippen molar-refractivity contribution < 1.29 is 9.90 Å². The molecule has 5 nitrogen and oxygen atoms in total. The number of nitrogens with zero attached hydrogens (tertiary/aromatic N) is 2. The third-order valence-corrected chi connectivity index (χ3v) is 5.22. The van der Waals surface area contributed by atoms with Crippen LogP contribution in [0.5, 0.6) is 0 Å². The third-order valence-electron chi connectivity index (χ3n) is 5.22. The minimum atomic E-state index is -0.321. The quantitative estimate of drug-likeness (QED) is 0.522. The van der Waals surface area contributed by atoms with Crippen LogP contribution in [0.2, 0.25) is 0 Å². The van der Waals surface area contributed by atoms with E-state index < -0.39 is 0 Å². The van der Waals surface area contributed by atoms with Crippen molar-refractivity contribution in [3.05, 3.63) is 83.7 Å². The monoisotopic (exact) mass is 399 g/mol. The number of hydrogen-bond acceptors (Lipinski definition) is 3. The van der Waals surface area contributed by atoms with E-state index in [2.05, 4.69) is 52.1 Å². The number of rotatable bonds is 5. The van der Waals surface area contributed by atoms with Crippen LogP contribution in [0.1, 0.15) is 28.4 Å². The highest BCUT2D eigenvalue weighted by Crippen LogP contribution is 2.32. The Bertz CT molecular complexity index is 1190. The average molecular weight is 399 g/mol. The van der Waals surface area contributed by atoms with Crippen molar-refractivity contribution in [3.8, 4) is 16.9 Å². The maximum absolute atomic E-state index is 12.9. The normalized spacial score (nSPS) is 12.1. The van der Waals surface area contributed by atoms with Gasteiger partial charge in [0.25, 0.3) is 5.91 Å². The zero-order valence-corrected chi connectivity index (χ0v) is 17.4. The van der Waals surface area contributed by atoms with Crippen LogP contribution >= 0.6 is 0 Å². The van der Waals surface area contributed by atoms with Gasteiger partial charge in [0.2, 0.25) is 0 Å². The first-order valence-corrected chi connectivity index (χ1v) is 10.0. The molecule has 4 rings (SSSR count). The second kappa shape index (κ2) is 8.13. The number of benzene rings is 2. The number of aryl methyl sites for hydroxylation is 2. The largest absolute Gasteiger partial charge is 0.394 e. The second-order valence-electron chi connectivity index (χ2n) is 7.76. The summed E-state index contributed by atoms with van der Waals surface area (Å²) < 4.78 is 2.08. The van der Waals surface area contributed by atoms with Gasteiger partial charge in [0.1, 0.15) is 0 Å². The van der Waals surface area contributed by atoms with Gasteiger partial charge < -0.3 is 15.0 Å². The van der Waals surface area contributed by atoms with E-state index in [4.69, 9.17) is 0 Å². The van der Waals surface area contributed by atoms with Crippen molar-refractivity contribution in [2.24, 2.45) is 0 Å². The molecule has 2 N–H and O–H groups in total. The summed E-state index contributed by atoms with van der Waals surface area (Å²) in [6.07, 6.45) is 3.85. The Balaban J connectivity index is 1.91. The molecule has 0 spiro atoms. The fourth-order valence-corrected chi connectivity index (χ4v) is 3.50. The molecule has 0 unspecified atom stereocenters. The van der Waals surface area contributed by atoms with Gasteiger partial charge in [-0.3, -0.25) is 9.78 Å². The standard InChI is InChI=1S/C25H25N3O2/c1-16-4-7-20(8-5-16)28-11-10-21-22(23-9-6-17(2)14-26-23)12-19(13-24(21)28)25(30)27-18(3)15-29/h4-14,18,29H,15H2,1-3H3,(H,27,30)/t18-/m0/s1. The van der Waals surface area contributed by atoms with Gasteiger partial charge in [-0.1, -0.05) is 23.8 Å². The van der Waals surface area contributed by atoms with E-state index >= 15 is 0 Å². The molecule has 0 aliphatic heterocycles. The van der Waals surface area contributed by atoms with E-state index in [-0.39, 0.29) is 18.6 Å². The lowest BCUT2D eigenvalue weighted by molar-refractivity contribution is 0.0922. The minimum absolute atomic E-state index is 0.111. The summed E-state index contributed by atoms with van der Waals surface area (Å²) in [6.45, 7) is 5.72. The molecule has 5 heteroatoms. The highest BCUT2D eigenvalue weighted by molar-refractivity contribution is 6.04. The second-order valence-corrected chi connectivity index (χ2v) is 7.76. The molecule has 0 saturated carbocycles. The Morgan fingerprint density at radius 1 is 1.07 bits per heavy atom. The number of hydrogen-bond donors (Lipinski definition) is 2. The molecule has 4 aromatic rings. The summed E-state index contributed by atoms with van der Waals surface area (Å²) in [5, 5.41) is 13.2. The van der Waals surface area contributed by atoms with Crippen LogP contribution in [0.3, 0.4) is 0 Å². The fourth-order valence-electron chi connectivity index (χ4n) is 3.50. The molecule has 2 heterocycles. The first kappa shape index (κ1) is 19.9. The van der Waals surface area contributed by atoms with Crippen LogP contribution in [0, 0.1) is 13.8 Å². The molecule has 0 fully saturated rings. The molecular weight excluding hydrogens is 374 g/mol. The molecule has 2 aromatic heterocycles. The Morgan fingerprint density at radius 2 is 1.80 bits per heavy atom. The summed E-state index contributed by atoms with van der Waals surface area (Å²) in [4.78, 5) is 17.4. The van der Waals surface area contributed by atoms with E-state index in [9.17, 15) is 9.90 Å². The van der Waals surface area contributed by atoms with Crippen molar-refractivity contribution in [2.75, 3.05) is 6.61 Å². The van der Waals surface area contributed by atoms with E-state index in [0.717, 1.165) is 33.4 Å². The van der Waals surface area contributed by atoms with Gasteiger partial charge in [0, 0.05) is 40.6 Å². The highest BCUT2D eigenvalue weighted by Gasteiger charge is 2.16. The van der Waals surface area contributed by atoms with Gasteiger partial charge in [0.15, 0.2) is 0 Å². The number of pyridine rings is 1. The van der Waals surface area contributed by atoms with E-state index in [0.29, 0.717) is 5.56 Å². The summed E-state index contributed by atoms with van der Waals surface area (Å²) in [5.74, 6) is -0.219. The third kappa shape index (κ3) is 3.84. The number of nitrogens with one attached hydrogen (secondary N) is 1. The van der Waals surface area contributed by atoms with E-state index in [1.165, 1.54) is 5.56 Å². The van der Waals surface area contributed by atoms with Gasteiger partial charge in [-0.25, -0.2) is 0 Å². The summed E-state index contributed by atoms with van der Waals surface area (Å²) in [6, 6.07) is 17.8. The van der Waals surface area contributed by atoms with Crippen LogP contribution in [-0.2, 0) is 0 Å². The smallest absolute Gasteiger partial charge is 0.251 e. The molecule has 152 valence electrons. The molecule has 2 aromatic carbocycles. The maximum atomic E-state index is 12.9. The predicted molar refractivity (Wildman–Crippen MR) is 120 cm³/mol. The lowest BCUT2D eigenvalue weighted by atomic mass is 10.0. The van der Waals surface area contributed by atoms with Crippen LogP contribution in [0.25, 0.3) is 27.8 Å². The first-order valence-electron chi connectivity index (χ1n) is 10.0. The lowest BCUT2D eigenvalue weighted by Gasteiger charge is -2.14. The summed E-state index contributed by atoms with van der Waals surface area (Å²) in [5.41, 5.74) is 6.49. The van der Waals surface area contributed by atoms with E-state index in [1.807, 2.05) is 43.6 Å². The van der Waals surface area contributed by atoms with Gasteiger partial charge in [0.05, 0.1) is 17.8 Å². The molecule has 0 aliphatic carbocycles. The van der Waals surface area contributed by atoms with Crippen molar-refractivity contribution in [2.45, 2.75) is 26.8 Å². The van der Waals surface area contributed by atoms with Crippen molar-refractivity contribution in [1.29, 1.82) is 0 Å². The topological polar surface area (TPSA) is 67.2 Å². The number of carbonyl (C=O) groups is 1.